The SMILES string of the molecule is CC(C)N(CCC#N)c1cc([C@H](C)O)ccn1. The molecule has 0 radical (unpaired) electrons. The van der Waals surface area contributed by atoms with Crippen molar-refractivity contribution in [2.45, 2.75) is 39.3 Å². The zero-order valence-corrected chi connectivity index (χ0v) is 10.6. The van der Waals surface area contributed by atoms with Crippen molar-refractivity contribution in [3.05, 3.63) is 23.9 Å². The Morgan fingerprint density at radius 3 is 2.71 bits per heavy atom. The van der Waals surface area contributed by atoms with Crippen LogP contribution in [0.5, 0.6) is 0 Å². The number of nitrogens with zero attached hydrogens (tertiary/aromatic N) is 3. The summed E-state index contributed by atoms with van der Waals surface area (Å²) in [5.41, 5.74) is 0.845. The molecule has 1 aromatic rings. The molecule has 0 fully saturated rings. The molecule has 0 spiro atoms. The van der Waals surface area contributed by atoms with Gasteiger partial charge in [-0.3, -0.25) is 0 Å². The van der Waals surface area contributed by atoms with Gasteiger partial charge in [-0.05, 0) is 38.5 Å². The van der Waals surface area contributed by atoms with Crippen LogP contribution in [0.3, 0.4) is 0 Å². The highest BCUT2D eigenvalue weighted by atomic mass is 16.3. The third kappa shape index (κ3) is 3.72. The van der Waals surface area contributed by atoms with Crippen LogP contribution in [0.1, 0.15) is 38.9 Å². The zero-order chi connectivity index (χ0) is 12.8. The maximum Gasteiger partial charge on any atom is 0.129 e. The molecule has 1 rings (SSSR count). The summed E-state index contributed by atoms with van der Waals surface area (Å²) in [6.45, 7) is 6.51. The monoisotopic (exact) mass is 233 g/mol. The van der Waals surface area contributed by atoms with E-state index in [2.05, 4.69) is 29.8 Å². The van der Waals surface area contributed by atoms with Crippen molar-refractivity contribution in [2.75, 3.05) is 11.4 Å². The Labute approximate surface area is 103 Å². The Bertz CT molecular complexity index is 396. The van der Waals surface area contributed by atoms with Crippen LogP contribution in [-0.4, -0.2) is 22.7 Å². The molecule has 4 heteroatoms. The summed E-state index contributed by atoms with van der Waals surface area (Å²) in [6.07, 6.45) is 1.67. The van der Waals surface area contributed by atoms with E-state index in [1.807, 2.05) is 6.07 Å². The molecule has 1 atom stereocenters. The lowest BCUT2D eigenvalue weighted by atomic mass is 10.1. The van der Waals surface area contributed by atoms with Gasteiger partial charge in [-0.25, -0.2) is 4.98 Å². The van der Waals surface area contributed by atoms with Gasteiger partial charge < -0.3 is 10.0 Å². The molecule has 0 saturated heterocycles. The maximum absolute atomic E-state index is 9.55. The van der Waals surface area contributed by atoms with Crippen LogP contribution in [0.2, 0.25) is 0 Å². The van der Waals surface area contributed by atoms with Crippen molar-refractivity contribution >= 4 is 5.82 Å². The second kappa shape index (κ2) is 6.21. The van der Waals surface area contributed by atoms with Crippen molar-refractivity contribution in [1.82, 2.24) is 4.98 Å². The average Bonchev–Trinajstić information content (AvgIpc) is 2.29. The van der Waals surface area contributed by atoms with Gasteiger partial charge in [0.15, 0.2) is 0 Å². The van der Waals surface area contributed by atoms with Gasteiger partial charge in [-0.1, -0.05) is 0 Å². The van der Waals surface area contributed by atoms with Crippen LogP contribution in [0.25, 0.3) is 0 Å². The van der Waals surface area contributed by atoms with Gasteiger partial charge in [0.1, 0.15) is 5.82 Å². The first-order valence-electron chi connectivity index (χ1n) is 5.84. The highest BCUT2D eigenvalue weighted by Gasteiger charge is 2.12. The minimum absolute atomic E-state index is 0.278. The number of aliphatic hydroxyl groups excluding tert-OH is 1. The molecule has 0 amide bonds. The van der Waals surface area contributed by atoms with Crippen LogP contribution in [0.15, 0.2) is 18.3 Å². The molecule has 0 aromatic carbocycles. The average molecular weight is 233 g/mol. The number of aliphatic hydroxyl groups is 1. The summed E-state index contributed by atoms with van der Waals surface area (Å²) in [5.74, 6) is 0.814. The van der Waals surface area contributed by atoms with Gasteiger partial charge in [-0.15, -0.1) is 0 Å². The fourth-order valence-electron chi connectivity index (χ4n) is 1.66. The van der Waals surface area contributed by atoms with E-state index in [4.69, 9.17) is 5.26 Å². The van der Waals surface area contributed by atoms with Crippen molar-refractivity contribution in [2.24, 2.45) is 0 Å². The molecule has 0 aliphatic heterocycles. The predicted octanol–water partition coefficient (Wildman–Crippen LogP) is 2.26. The first-order valence-corrected chi connectivity index (χ1v) is 5.84. The molecule has 0 saturated carbocycles. The number of nitriles is 1. The molecule has 17 heavy (non-hydrogen) atoms. The lowest BCUT2D eigenvalue weighted by molar-refractivity contribution is 0.199. The van der Waals surface area contributed by atoms with Gasteiger partial charge in [0.05, 0.1) is 18.6 Å². The smallest absolute Gasteiger partial charge is 0.129 e. The molecule has 0 aliphatic carbocycles. The second-order valence-corrected chi connectivity index (χ2v) is 4.32. The summed E-state index contributed by atoms with van der Waals surface area (Å²) >= 11 is 0. The van der Waals surface area contributed by atoms with Crippen LogP contribution in [0.4, 0.5) is 5.82 Å². The van der Waals surface area contributed by atoms with E-state index in [0.717, 1.165) is 11.4 Å². The van der Waals surface area contributed by atoms with Crippen LogP contribution >= 0.6 is 0 Å². The first-order chi connectivity index (χ1) is 8.06. The summed E-state index contributed by atoms with van der Waals surface area (Å²) in [4.78, 5) is 6.37. The summed E-state index contributed by atoms with van der Waals surface area (Å²) in [7, 11) is 0. The fraction of sp³-hybridized carbons (Fsp3) is 0.538. The van der Waals surface area contributed by atoms with Gasteiger partial charge in [0, 0.05) is 18.8 Å². The van der Waals surface area contributed by atoms with Crippen LogP contribution < -0.4 is 4.90 Å². The maximum atomic E-state index is 9.55. The molecule has 0 unspecified atom stereocenters. The third-order valence-corrected chi connectivity index (χ3v) is 2.63. The topological polar surface area (TPSA) is 60.2 Å². The van der Waals surface area contributed by atoms with Gasteiger partial charge in [0.25, 0.3) is 0 Å². The summed E-state index contributed by atoms with van der Waals surface area (Å²) in [5, 5.41) is 18.2. The van der Waals surface area contributed by atoms with Gasteiger partial charge in [-0.2, -0.15) is 5.26 Å². The zero-order valence-electron chi connectivity index (χ0n) is 10.6. The highest BCUT2D eigenvalue weighted by molar-refractivity contribution is 5.42. The van der Waals surface area contributed by atoms with Gasteiger partial charge in [0.2, 0.25) is 0 Å². The number of hydrogen-bond donors (Lipinski definition) is 1. The number of aromatic nitrogens is 1. The van der Waals surface area contributed by atoms with E-state index >= 15 is 0 Å². The van der Waals surface area contributed by atoms with E-state index in [1.54, 1.807) is 19.2 Å². The van der Waals surface area contributed by atoms with Crippen molar-refractivity contribution < 1.29 is 5.11 Å². The lowest BCUT2D eigenvalue weighted by Crippen LogP contribution is -2.32. The molecular formula is C13H19N3O. The third-order valence-electron chi connectivity index (χ3n) is 2.63. The Balaban J connectivity index is 2.94. The number of anilines is 1. The number of hydrogen-bond acceptors (Lipinski definition) is 4. The van der Waals surface area contributed by atoms with E-state index in [-0.39, 0.29) is 6.04 Å². The molecule has 1 heterocycles. The van der Waals surface area contributed by atoms with E-state index in [0.29, 0.717) is 13.0 Å². The minimum atomic E-state index is -0.498. The number of rotatable bonds is 5. The Morgan fingerprint density at radius 2 is 2.18 bits per heavy atom. The van der Waals surface area contributed by atoms with E-state index < -0.39 is 6.10 Å². The molecule has 92 valence electrons. The standard InChI is InChI=1S/C13H19N3O/c1-10(2)16(8-4-6-14)13-9-12(11(3)17)5-7-15-13/h5,7,9-11,17H,4,8H2,1-3H3/t11-/m0/s1. The van der Waals surface area contributed by atoms with Crippen LogP contribution in [0, 0.1) is 11.3 Å². The molecule has 0 aliphatic rings. The molecule has 1 N–H and O–H groups in total. The fourth-order valence-corrected chi connectivity index (χ4v) is 1.66. The normalized spacial score (nSPS) is 12.2. The number of pyridine rings is 1. The highest BCUT2D eigenvalue weighted by Crippen LogP contribution is 2.19. The Morgan fingerprint density at radius 1 is 1.47 bits per heavy atom. The summed E-state index contributed by atoms with van der Waals surface area (Å²) < 4.78 is 0. The van der Waals surface area contributed by atoms with Crippen molar-refractivity contribution in [3.63, 3.8) is 0 Å². The summed E-state index contributed by atoms with van der Waals surface area (Å²) in [6, 6.07) is 6.10. The minimum Gasteiger partial charge on any atom is -0.389 e. The van der Waals surface area contributed by atoms with Crippen LogP contribution in [-0.2, 0) is 0 Å². The molecule has 4 nitrogen and oxygen atoms in total. The Hall–Kier alpha value is -1.60. The first kappa shape index (κ1) is 13.5. The van der Waals surface area contributed by atoms with Crippen molar-refractivity contribution in [1.29, 1.82) is 5.26 Å². The molecule has 0 bridgehead atoms. The molecule has 1 aromatic heterocycles. The van der Waals surface area contributed by atoms with Gasteiger partial charge >= 0.3 is 0 Å². The van der Waals surface area contributed by atoms with Crippen molar-refractivity contribution in [3.8, 4) is 6.07 Å². The van der Waals surface area contributed by atoms with E-state index in [1.165, 1.54) is 0 Å². The lowest BCUT2D eigenvalue weighted by Gasteiger charge is -2.27. The largest absolute Gasteiger partial charge is 0.389 e. The second-order valence-electron chi connectivity index (χ2n) is 4.32. The Kier molecular flexibility index (Phi) is 4.92. The van der Waals surface area contributed by atoms with E-state index in [9.17, 15) is 5.11 Å². The predicted molar refractivity (Wildman–Crippen MR) is 67.6 cm³/mol. The quantitative estimate of drug-likeness (QED) is 0.847. The molecular weight excluding hydrogens is 214 g/mol.